The van der Waals surface area contributed by atoms with Gasteiger partial charge in [0, 0.05) is 15.6 Å². The lowest BCUT2D eigenvalue weighted by atomic mass is 9.86. The van der Waals surface area contributed by atoms with Crippen molar-refractivity contribution in [2.75, 3.05) is 7.11 Å². The molecule has 0 aromatic heterocycles. The number of ketones is 1. The maximum Gasteiger partial charge on any atom is 0.189 e. The fourth-order valence-corrected chi connectivity index (χ4v) is 2.84. The van der Waals surface area contributed by atoms with Crippen LogP contribution in [0.4, 0.5) is 0 Å². The molecular formula is C18H15BrO2. The Kier molecular flexibility index (Phi) is 3.93. The zero-order chi connectivity index (χ0) is 14.8. The van der Waals surface area contributed by atoms with Crippen molar-refractivity contribution in [3.8, 4) is 5.75 Å². The topological polar surface area (TPSA) is 26.3 Å². The van der Waals surface area contributed by atoms with Crippen LogP contribution in [0.2, 0.25) is 0 Å². The number of aryl methyl sites for hydroxylation is 1. The summed E-state index contributed by atoms with van der Waals surface area (Å²) in [5.41, 5.74) is 3.80. The van der Waals surface area contributed by atoms with Crippen molar-refractivity contribution in [1.82, 2.24) is 0 Å². The van der Waals surface area contributed by atoms with Crippen molar-refractivity contribution in [1.29, 1.82) is 0 Å². The van der Waals surface area contributed by atoms with Crippen molar-refractivity contribution >= 4 is 27.8 Å². The first kappa shape index (κ1) is 14.1. The van der Waals surface area contributed by atoms with Gasteiger partial charge in [0.05, 0.1) is 7.11 Å². The molecule has 3 rings (SSSR count). The maximum absolute atomic E-state index is 12.6. The Morgan fingerprint density at radius 2 is 1.86 bits per heavy atom. The van der Waals surface area contributed by atoms with E-state index in [0.29, 0.717) is 0 Å². The molecule has 0 aliphatic heterocycles. The molecule has 0 N–H and O–H groups in total. The monoisotopic (exact) mass is 342 g/mol. The Labute approximate surface area is 132 Å². The van der Waals surface area contributed by atoms with E-state index in [-0.39, 0.29) is 5.78 Å². The van der Waals surface area contributed by atoms with Crippen LogP contribution >= 0.6 is 15.9 Å². The van der Waals surface area contributed by atoms with Gasteiger partial charge < -0.3 is 4.74 Å². The van der Waals surface area contributed by atoms with Gasteiger partial charge in [-0.3, -0.25) is 4.79 Å². The second-order valence-corrected chi connectivity index (χ2v) is 5.99. The van der Waals surface area contributed by atoms with Crippen LogP contribution in [-0.2, 0) is 6.42 Å². The number of allylic oxidation sites excluding steroid dienone is 1. The first-order valence-corrected chi connectivity index (χ1v) is 7.64. The number of hydrogen-bond acceptors (Lipinski definition) is 2. The van der Waals surface area contributed by atoms with E-state index in [2.05, 4.69) is 15.9 Å². The van der Waals surface area contributed by atoms with E-state index >= 15 is 0 Å². The van der Waals surface area contributed by atoms with Gasteiger partial charge in [0.1, 0.15) is 5.75 Å². The quantitative estimate of drug-likeness (QED) is 0.741. The number of carbonyl (C=O) groups excluding carboxylic acids is 1. The third-order valence-electron chi connectivity index (χ3n) is 3.72. The first-order chi connectivity index (χ1) is 10.2. The second-order valence-electron chi connectivity index (χ2n) is 5.07. The Morgan fingerprint density at radius 1 is 1.10 bits per heavy atom. The van der Waals surface area contributed by atoms with Gasteiger partial charge in [-0.15, -0.1) is 0 Å². The van der Waals surface area contributed by atoms with Crippen molar-refractivity contribution in [3.05, 3.63) is 69.2 Å². The highest BCUT2D eigenvalue weighted by Gasteiger charge is 2.22. The molecule has 21 heavy (non-hydrogen) atoms. The molecule has 0 unspecified atom stereocenters. The second kappa shape index (κ2) is 5.86. The summed E-state index contributed by atoms with van der Waals surface area (Å²) in [6.45, 7) is 0. The molecule has 2 aromatic rings. The molecule has 2 nitrogen and oxygen atoms in total. The van der Waals surface area contributed by atoms with Crippen LogP contribution in [0.1, 0.15) is 27.9 Å². The lowest BCUT2D eigenvalue weighted by Gasteiger charge is -2.18. The predicted octanol–water partition coefficient (Wildman–Crippen LogP) is 4.67. The van der Waals surface area contributed by atoms with E-state index < -0.39 is 0 Å². The molecular weight excluding hydrogens is 328 g/mol. The number of rotatable bonds is 2. The van der Waals surface area contributed by atoms with E-state index in [4.69, 9.17) is 4.74 Å². The average molecular weight is 343 g/mol. The number of methoxy groups -OCH3 is 1. The van der Waals surface area contributed by atoms with Gasteiger partial charge in [-0.2, -0.15) is 0 Å². The highest BCUT2D eigenvalue weighted by atomic mass is 79.9. The molecule has 106 valence electrons. The summed E-state index contributed by atoms with van der Waals surface area (Å²) in [5.74, 6) is 0.934. The van der Waals surface area contributed by atoms with Gasteiger partial charge in [0.2, 0.25) is 0 Å². The van der Waals surface area contributed by atoms with E-state index in [1.54, 1.807) is 7.11 Å². The van der Waals surface area contributed by atoms with Crippen molar-refractivity contribution in [2.24, 2.45) is 0 Å². The molecule has 0 saturated heterocycles. The van der Waals surface area contributed by atoms with Crippen molar-refractivity contribution < 1.29 is 9.53 Å². The summed E-state index contributed by atoms with van der Waals surface area (Å²) in [6.07, 6.45) is 3.64. The van der Waals surface area contributed by atoms with E-state index in [1.165, 1.54) is 0 Å². The Hall–Kier alpha value is -1.87. The molecule has 1 aliphatic carbocycles. The Morgan fingerprint density at radius 3 is 2.57 bits per heavy atom. The summed E-state index contributed by atoms with van der Waals surface area (Å²) < 4.78 is 6.26. The molecule has 0 amide bonds. The van der Waals surface area contributed by atoms with Gasteiger partial charge in [0.25, 0.3) is 0 Å². The summed E-state index contributed by atoms with van der Waals surface area (Å²) >= 11 is 3.42. The zero-order valence-electron chi connectivity index (χ0n) is 11.7. The lowest BCUT2D eigenvalue weighted by molar-refractivity contribution is 0.102. The molecule has 3 heteroatoms. The molecule has 0 atom stereocenters. The molecule has 0 bridgehead atoms. The molecule has 0 saturated carbocycles. The van der Waals surface area contributed by atoms with Crippen LogP contribution in [0, 0.1) is 0 Å². The summed E-state index contributed by atoms with van der Waals surface area (Å²) in [4.78, 5) is 12.6. The number of ether oxygens (including phenoxy) is 1. The van der Waals surface area contributed by atoms with Gasteiger partial charge >= 0.3 is 0 Å². The fraction of sp³-hybridized carbons (Fsp3) is 0.167. The van der Waals surface area contributed by atoms with E-state index in [0.717, 1.165) is 45.3 Å². The third kappa shape index (κ3) is 2.93. The smallest absolute Gasteiger partial charge is 0.189 e. The number of carbonyl (C=O) groups is 1. The largest absolute Gasteiger partial charge is 0.497 e. The SMILES string of the molecule is COc1ccc2c(c1)CC/C(=C\c1ccc(Br)cc1)C2=O. The minimum atomic E-state index is 0.127. The standard InChI is InChI=1S/C18H15BrO2/c1-21-16-8-9-17-13(11-16)4-5-14(18(17)20)10-12-2-6-15(19)7-3-12/h2-3,6-11H,4-5H2,1H3/b14-10+. The average Bonchev–Trinajstić information content (AvgIpc) is 2.52. The van der Waals surface area contributed by atoms with Gasteiger partial charge in [-0.1, -0.05) is 28.1 Å². The zero-order valence-corrected chi connectivity index (χ0v) is 13.3. The van der Waals surface area contributed by atoms with Crippen LogP contribution in [0.5, 0.6) is 5.75 Å². The van der Waals surface area contributed by atoms with Crippen molar-refractivity contribution in [3.63, 3.8) is 0 Å². The Bertz CT molecular complexity index is 714. The lowest BCUT2D eigenvalue weighted by Crippen LogP contribution is -2.14. The number of halogens is 1. The van der Waals surface area contributed by atoms with E-state index in [9.17, 15) is 4.79 Å². The minimum Gasteiger partial charge on any atom is -0.497 e. The van der Waals surface area contributed by atoms with Crippen LogP contribution in [-0.4, -0.2) is 12.9 Å². The van der Waals surface area contributed by atoms with Gasteiger partial charge in [-0.25, -0.2) is 0 Å². The maximum atomic E-state index is 12.6. The third-order valence-corrected chi connectivity index (χ3v) is 4.25. The number of fused-ring (bicyclic) bond motifs is 1. The molecule has 0 heterocycles. The van der Waals surface area contributed by atoms with Crippen LogP contribution < -0.4 is 4.74 Å². The van der Waals surface area contributed by atoms with Crippen LogP contribution in [0.3, 0.4) is 0 Å². The molecule has 1 aliphatic rings. The molecule has 0 spiro atoms. The van der Waals surface area contributed by atoms with Crippen molar-refractivity contribution in [2.45, 2.75) is 12.8 Å². The molecule has 0 fully saturated rings. The Balaban J connectivity index is 1.93. The van der Waals surface area contributed by atoms with Crippen LogP contribution in [0.25, 0.3) is 6.08 Å². The highest BCUT2D eigenvalue weighted by molar-refractivity contribution is 9.10. The fourth-order valence-electron chi connectivity index (χ4n) is 2.58. The number of hydrogen-bond donors (Lipinski definition) is 0. The first-order valence-electron chi connectivity index (χ1n) is 6.85. The van der Waals surface area contributed by atoms with Gasteiger partial charge in [0.15, 0.2) is 5.78 Å². The molecule has 0 radical (unpaired) electrons. The molecule has 2 aromatic carbocycles. The van der Waals surface area contributed by atoms with E-state index in [1.807, 2.05) is 48.5 Å². The normalized spacial score (nSPS) is 15.9. The highest BCUT2D eigenvalue weighted by Crippen LogP contribution is 2.29. The summed E-state index contributed by atoms with van der Waals surface area (Å²) in [7, 11) is 1.64. The number of Topliss-reactive ketones (excluding diaryl/α,β-unsaturated/α-hetero) is 1. The summed E-state index contributed by atoms with van der Waals surface area (Å²) in [6, 6.07) is 13.7. The van der Waals surface area contributed by atoms with Gasteiger partial charge in [-0.05, 0) is 60.4 Å². The predicted molar refractivity (Wildman–Crippen MR) is 87.8 cm³/mol. The number of benzene rings is 2. The van der Waals surface area contributed by atoms with Crippen LogP contribution in [0.15, 0.2) is 52.5 Å². The minimum absolute atomic E-state index is 0.127. The summed E-state index contributed by atoms with van der Waals surface area (Å²) in [5, 5.41) is 0.